The Bertz CT molecular complexity index is 1350. The number of fused-ring (bicyclic) bond motifs is 1. The van der Waals surface area contributed by atoms with Gasteiger partial charge in [-0.25, -0.2) is 9.78 Å². The smallest absolute Gasteiger partial charge is 0.408 e. The first-order chi connectivity index (χ1) is 16.8. The van der Waals surface area contributed by atoms with Crippen molar-refractivity contribution >= 4 is 11.7 Å². The van der Waals surface area contributed by atoms with Crippen molar-refractivity contribution < 1.29 is 14.3 Å². The van der Waals surface area contributed by atoms with Gasteiger partial charge in [0.15, 0.2) is 11.4 Å². The fraction of sp³-hybridized carbons (Fsp3) is 0.310. The van der Waals surface area contributed by atoms with E-state index in [2.05, 4.69) is 46.1 Å². The molecule has 6 nitrogen and oxygen atoms in total. The fourth-order valence-electron chi connectivity index (χ4n) is 4.74. The summed E-state index contributed by atoms with van der Waals surface area (Å²) in [6.07, 6.45) is 4.50. The lowest BCUT2D eigenvalue weighted by atomic mass is 9.71. The molecular weight excluding hydrogens is 438 g/mol. The molecule has 0 aliphatic heterocycles. The van der Waals surface area contributed by atoms with Crippen LogP contribution in [0.3, 0.4) is 0 Å². The second kappa shape index (κ2) is 8.77. The molecule has 0 bridgehead atoms. The van der Waals surface area contributed by atoms with Crippen molar-refractivity contribution in [3.63, 3.8) is 0 Å². The van der Waals surface area contributed by atoms with Crippen molar-refractivity contribution in [3.8, 4) is 28.3 Å². The number of nitrogens with zero attached hydrogens (tertiary/aromatic N) is 2. The molecule has 1 saturated carbocycles. The molecule has 0 atom stereocenters. The number of nitrogens with one attached hydrogen (secondary N) is 1. The highest BCUT2D eigenvalue weighted by molar-refractivity contribution is 5.83. The van der Waals surface area contributed by atoms with Gasteiger partial charge in [-0.1, -0.05) is 54.6 Å². The van der Waals surface area contributed by atoms with E-state index in [4.69, 9.17) is 14.5 Å². The SMILES string of the molecule is COc1cccn2c(-c3ccccc3)c(-c3ccc(C4(NC(=O)OC(C)(C)C)CCC4)cc3)nc12. The summed E-state index contributed by atoms with van der Waals surface area (Å²) in [4.78, 5) is 17.5. The first-order valence-corrected chi connectivity index (χ1v) is 12.0. The third kappa shape index (κ3) is 4.36. The molecule has 0 spiro atoms. The van der Waals surface area contributed by atoms with Gasteiger partial charge in [-0.3, -0.25) is 4.40 Å². The van der Waals surface area contributed by atoms with Gasteiger partial charge in [-0.2, -0.15) is 0 Å². The van der Waals surface area contributed by atoms with Gasteiger partial charge < -0.3 is 14.8 Å². The minimum atomic E-state index is -0.531. The first-order valence-electron chi connectivity index (χ1n) is 12.0. The van der Waals surface area contributed by atoms with Gasteiger partial charge in [0, 0.05) is 17.3 Å². The Balaban J connectivity index is 1.54. The second-order valence-electron chi connectivity index (χ2n) is 10.1. The molecule has 1 N–H and O–H groups in total. The average molecular weight is 470 g/mol. The molecule has 2 aromatic heterocycles. The number of carbonyl (C=O) groups excluding carboxylic acids is 1. The van der Waals surface area contributed by atoms with Gasteiger partial charge in [0.05, 0.1) is 24.0 Å². The quantitative estimate of drug-likeness (QED) is 0.358. The number of imidazole rings is 1. The van der Waals surface area contributed by atoms with Crippen LogP contribution in [-0.4, -0.2) is 28.2 Å². The van der Waals surface area contributed by atoms with Crippen LogP contribution in [0.1, 0.15) is 45.6 Å². The molecule has 0 saturated heterocycles. The Labute approximate surface area is 205 Å². The van der Waals surface area contributed by atoms with Crippen LogP contribution in [0.5, 0.6) is 5.75 Å². The largest absolute Gasteiger partial charge is 0.493 e. The number of carbonyl (C=O) groups is 1. The van der Waals surface area contributed by atoms with Gasteiger partial charge in [0.25, 0.3) is 0 Å². The fourth-order valence-corrected chi connectivity index (χ4v) is 4.74. The molecule has 1 fully saturated rings. The maximum Gasteiger partial charge on any atom is 0.408 e. The predicted molar refractivity (Wildman–Crippen MR) is 138 cm³/mol. The zero-order chi connectivity index (χ0) is 24.6. The number of amides is 1. The molecule has 1 amide bonds. The molecule has 4 aromatic rings. The molecule has 180 valence electrons. The number of aromatic nitrogens is 2. The van der Waals surface area contributed by atoms with Crippen LogP contribution < -0.4 is 10.1 Å². The van der Waals surface area contributed by atoms with Crippen molar-refractivity contribution in [2.75, 3.05) is 7.11 Å². The average Bonchev–Trinajstić information content (AvgIpc) is 3.21. The van der Waals surface area contributed by atoms with E-state index in [9.17, 15) is 4.79 Å². The van der Waals surface area contributed by atoms with Crippen LogP contribution in [0, 0.1) is 0 Å². The van der Waals surface area contributed by atoms with Crippen LogP contribution in [-0.2, 0) is 10.3 Å². The van der Waals surface area contributed by atoms with Gasteiger partial charge in [-0.05, 0) is 57.7 Å². The maximum absolute atomic E-state index is 12.5. The van der Waals surface area contributed by atoms with Crippen LogP contribution in [0.25, 0.3) is 28.2 Å². The predicted octanol–water partition coefficient (Wildman–Crippen LogP) is 6.58. The number of methoxy groups -OCH3 is 1. The van der Waals surface area contributed by atoms with Crippen molar-refractivity contribution in [3.05, 3.63) is 78.5 Å². The van der Waals surface area contributed by atoms with E-state index in [0.717, 1.165) is 58.7 Å². The molecule has 0 unspecified atom stereocenters. The Kier molecular flexibility index (Phi) is 5.75. The number of hydrogen-bond acceptors (Lipinski definition) is 4. The number of benzene rings is 2. The Morgan fingerprint density at radius 1 is 0.971 bits per heavy atom. The third-order valence-corrected chi connectivity index (χ3v) is 6.54. The van der Waals surface area contributed by atoms with E-state index in [0.29, 0.717) is 0 Å². The number of hydrogen-bond donors (Lipinski definition) is 1. The number of alkyl carbamates (subject to hydrolysis) is 1. The van der Waals surface area contributed by atoms with E-state index < -0.39 is 5.60 Å². The summed E-state index contributed by atoms with van der Waals surface area (Å²) in [6, 6.07) is 22.5. The Morgan fingerprint density at radius 2 is 1.69 bits per heavy atom. The monoisotopic (exact) mass is 469 g/mol. The molecule has 1 aliphatic rings. The molecule has 35 heavy (non-hydrogen) atoms. The van der Waals surface area contributed by atoms with E-state index in [1.54, 1.807) is 7.11 Å². The summed E-state index contributed by atoms with van der Waals surface area (Å²) in [5.74, 6) is 0.725. The van der Waals surface area contributed by atoms with Crippen molar-refractivity contribution in [1.82, 2.24) is 14.7 Å². The van der Waals surface area contributed by atoms with E-state index in [-0.39, 0.29) is 11.6 Å². The summed E-state index contributed by atoms with van der Waals surface area (Å²) in [7, 11) is 1.66. The Hall–Kier alpha value is -3.80. The van der Waals surface area contributed by atoms with Gasteiger partial charge in [0.1, 0.15) is 5.60 Å². The molecule has 2 heterocycles. The molecular formula is C29H31N3O3. The topological polar surface area (TPSA) is 64.9 Å². The van der Waals surface area contributed by atoms with Crippen LogP contribution in [0.4, 0.5) is 4.79 Å². The summed E-state index contributed by atoms with van der Waals surface area (Å²) >= 11 is 0. The van der Waals surface area contributed by atoms with Gasteiger partial charge >= 0.3 is 6.09 Å². The van der Waals surface area contributed by atoms with E-state index in [1.807, 2.05) is 57.3 Å². The highest BCUT2D eigenvalue weighted by Crippen LogP contribution is 2.43. The minimum Gasteiger partial charge on any atom is -0.493 e. The zero-order valence-corrected chi connectivity index (χ0v) is 20.7. The highest BCUT2D eigenvalue weighted by Gasteiger charge is 2.41. The lowest BCUT2D eigenvalue weighted by Crippen LogP contribution is -2.52. The van der Waals surface area contributed by atoms with Crippen LogP contribution in [0.2, 0.25) is 0 Å². The lowest BCUT2D eigenvalue weighted by molar-refractivity contribution is 0.0377. The molecule has 5 rings (SSSR count). The van der Waals surface area contributed by atoms with Crippen molar-refractivity contribution in [1.29, 1.82) is 0 Å². The van der Waals surface area contributed by atoms with E-state index >= 15 is 0 Å². The van der Waals surface area contributed by atoms with E-state index in [1.165, 1.54) is 0 Å². The third-order valence-electron chi connectivity index (χ3n) is 6.54. The normalized spacial score (nSPS) is 14.9. The number of ether oxygens (including phenoxy) is 2. The van der Waals surface area contributed by atoms with Gasteiger partial charge in [-0.15, -0.1) is 0 Å². The van der Waals surface area contributed by atoms with Crippen LogP contribution >= 0.6 is 0 Å². The van der Waals surface area contributed by atoms with Gasteiger partial charge in [0.2, 0.25) is 0 Å². The highest BCUT2D eigenvalue weighted by atomic mass is 16.6. The van der Waals surface area contributed by atoms with Crippen molar-refractivity contribution in [2.45, 2.75) is 51.2 Å². The van der Waals surface area contributed by atoms with Crippen LogP contribution in [0.15, 0.2) is 72.9 Å². The maximum atomic E-state index is 12.5. The second-order valence-corrected chi connectivity index (χ2v) is 10.1. The standard InChI is InChI=1S/C29H31N3O3/c1-28(2,3)35-27(33)31-29(17-9-18-29)22-15-13-20(14-16-22)24-25(21-10-6-5-7-11-21)32-19-8-12-23(34-4)26(32)30-24/h5-8,10-16,19H,9,17-18H2,1-4H3,(H,31,33). The lowest BCUT2D eigenvalue weighted by Gasteiger charge is -2.43. The number of rotatable bonds is 5. The summed E-state index contributed by atoms with van der Waals surface area (Å²) < 4.78 is 13.2. The Morgan fingerprint density at radius 3 is 2.29 bits per heavy atom. The molecule has 2 aromatic carbocycles. The minimum absolute atomic E-state index is 0.375. The molecule has 6 heteroatoms. The first kappa shape index (κ1) is 23.0. The molecule has 1 aliphatic carbocycles. The number of pyridine rings is 1. The summed E-state index contributed by atoms with van der Waals surface area (Å²) in [5, 5.41) is 3.14. The molecule has 0 radical (unpaired) electrons. The summed E-state index contributed by atoms with van der Waals surface area (Å²) in [5.41, 5.74) is 4.92. The zero-order valence-electron chi connectivity index (χ0n) is 20.7. The van der Waals surface area contributed by atoms with Crippen molar-refractivity contribution in [2.24, 2.45) is 0 Å². The summed E-state index contributed by atoms with van der Waals surface area (Å²) in [6.45, 7) is 5.63.